The quantitative estimate of drug-likeness (QED) is 0.126. The van der Waals surface area contributed by atoms with Crippen molar-refractivity contribution in [3.8, 4) is 17.2 Å². The highest BCUT2D eigenvalue weighted by molar-refractivity contribution is 14.1. The van der Waals surface area contributed by atoms with Gasteiger partial charge in [0.15, 0.2) is 16.3 Å². The zero-order valence-electron chi connectivity index (χ0n) is 25.5. The first-order chi connectivity index (χ1) is 22.4. The smallest absolute Gasteiger partial charge is 0.337 e. The highest BCUT2D eigenvalue weighted by Gasteiger charge is 2.31. The van der Waals surface area contributed by atoms with E-state index >= 15 is 0 Å². The average molecular weight is 747 g/mol. The molecule has 0 saturated heterocycles. The van der Waals surface area contributed by atoms with E-state index < -0.39 is 12.0 Å². The summed E-state index contributed by atoms with van der Waals surface area (Å²) in [4.78, 5) is 31.8. The Labute approximate surface area is 283 Å². The predicted molar refractivity (Wildman–Crippen MR) is 187 cm³/mol. The van der Waals surface area contributed by atoms with Crippen LogP contribution in [0.3, 0.4) is 0 Å². The molecule has 0 N–H and O–H groups in total. The molecule has 0 saturated carbocycles. The van der Waals surface area contributed by atoms with Crippen LogP contribution >= 0.6 is 33.9 Å². The number of methoxy groups -OCH3 is 1. The lowest BCUT2D eigenvalue weighted by atomic mass is 9.97. The molecule has 46 heavy (non-hydrogen) atoms. The fourth-order valence-electron chi connectivity index (χ4n) is 5.35. The van der Waals surface area contributed by atoms with Gasteiger partial charge in [0.2, 0.25) is 0 Å². The fraction of sp³-hybridized carbons (Fsp3) is 0.194. The van der Waals surface area contributed by atoms with Crippen molar-refractivity contribution in [3.05, 3.63) is 131 Å². The van der Waals surface area contributed by atoms with Gasteiger partial charge in [0.05, 0.1) is 40.0 Å². The third-order valence-electron chi connectivity index (χ3n) is 7.47. The summed E-state index contributed by atoms with van der Waals surface area (Å²) >= 11 is 3.51. The normalized spacial score (nSPS) is 14.3. The molecule has 0 bridgehead atoms. The van der Waals surface area contributed by atoms with E-state index in [0.29, 0.717) is 46.2 Å². The van der Waals surface area contributed by atoms with Gasteiger partial charge in [-0.1, -0.05) is 59.9 Å². The zero-order valence-corrected chi connectivity index (χ0v) is 28.5. The van der Waals surface area contributed by atoms with Crippen LogP contribution in [0, 0.1) is 3.57 Å². The van der Waals surface area contributed by atoms with Gasteiger partial charge in [-0.3, -0.25) is 9.36 Å². The number of aromatic nitrogens is 1. The van der Waals surface area contributed by atoms with Gasteiger partial charge in [-0.25, -0.2) is 9.79 Å². The Morgan fingerprint density at radius 3 is 2.43 bits per heavy atom. The molecule has 0 fully saturated rings. The lowest BCUT2D eigenvalue weighted by molar-refractivity contribution is -0.136. The molecule has 10 heteroatoms. The second-order valence-electron chi connectivity index (χ2n) is 10.4. The Hall–Kier alpha value is -4.42. The molecular formula is C36H31IN2O6S. The summed E-state index contributed by atoms with van der Waals surface area (Å²) in [7, 11) is 1.31. The monoisotopic (exact) mass is 746 g/mol. The van der Waals surface area contributed by atoms with Crippen molar-refractivity contribution in [2.75, 3.05) is 20.3 Å². The number of halogens is 1. The molecule has 4 aromatic carbocycles. The predicted octanol–water partition coefficient (Wildman–Crippen LogP) is 6.15. The SMILES string of the molecule is CCOc1ccc([C@@H]2C(C(=O)OC)=CN=c3s/c(=C\c4ccc(OCc5ccc6ccccc6c5)c(I)c4)c(=O)n32)cc1OCC. The number of hydrogen-bond donors (Lipinski definition) is 0. The summed E-state index contributed by atoms with van der Waals surface area (Å²) in [6.45, 7) is 5.12. The first-order valence-electron chi connectivity index (χ1n) is 14.8. The minimum absolute atomic E-state index is 0.246. The van der Waals surface area contributed by atoms with E-state index in [0.717, 1.165) is 20.4 Å². The first-order valence-corrected chi connectivity index (χ1v) is 16.7. The van der Waals surface area contributed by atoms with Crippen molar-refractivity contribution in [1.29, 1.82) is 0 Å². The topological polar surface area (TPSA) is 88.4 Å². The van der Waals surface area contributed by atoms with Crippen molar-refractivity contribution >= 4 is 56.7 Å². The molecular weight excluding hydrogens is 715 g/mol. The van der Waals surface area contributed by atoms with E-state index in [1.165, 1.54) is 35.4 Å². The lowest BCUT2D eigenvalue weighted by Crippen LogP contribution is -2.39. The van der Waals surface area contributed by atoms with Crippen LogP contribution in [0.15, 0.2) is 100 Å². The fourth-order valence-corrected chi connectivity index (χ4v) is 7.02. The van der Waals surface area contributed by atoms with Crippen LogP contribution < -0.4 is 29.1 Å². The minimum atomic E-state index is -0.758. The summed E-state index contributed by atoms with van der Waals surface area (Å²) in [5.74, 6) is 1.31. The number of esters is 1. The maximum atomic E-state index is 14.0. The molecule has 2 heterocycles. The number of ether oxygens (including phenoxy) is 4. The Bertz CT molecular complexity index is 2150. The molecule has 1 aromatic heterocycles. The summed E-state index contributed by atoms with van der Waals surface area (Å²) in [5, 5.41) is 2.37. The summed E-state index contributed by atoms with van der Waals surface area (Å²) in [6, 6.07) is 25.1. The molecule has 8 nitrogen and oxygen atoms in total. The number of carbonyl (C=O) groups excluding carboxylic acids is 1. The van der Waals surface area contributed by atoms with Gasteiger partial charge in [-0.15, -0.1) is 0 Å². The van der Waals surface area contributed by atoms with Gasteiger partial charge < -0.3 is 18.9 Å². The third kappa shape index (κ3) is 6.45. The lowest BCUT2D eigenvalue weighted by Gasteiger charge is -2.23. The van der Waals surface area contributed by atoms with E-state index in [1.807, 2.05) is 56.3 Å². The number of thiazole rings is 1. The molecule has 234 valence electrons. The maximum Gasteiger partial charge on any atom is 0.337 e. The molecule has 0 spiro atoms. The van der Waals surface area contributed by atoms with Gasteiger partial charge in [-0.05, 0) is 100 Å². The van der Waals surface area contributed by atoms with E-state index in [4.69, 9.17) is 18.9 Å². The van der Waals surface area contributed by atoms with Crippen LogP contribution in [0.5, 0.6) is 17.2 Å². The number of rotatable bonds is 10. The molecule has 0 unspecified atom stereocenters. The van der Waals surface area contributed by atoms with E-state index in [1.54, 1.807) is 16.7 Å². The van der Waals surface area contributed by atoms with Gasteiger partial charge in [-0.2, -0.15) is 0 Å². The number of hydrogen-bond acceptors (Lipinski definition) is 8. The van der Waals surface area contributed by atoms with E-state index in [-0.39, 0.29) is 11.1 Å². The Morgan fingerprint density at radius 2 is 1.67 bits per heavy atom. The third-order valence-corrected chi connectivity index (χ3v) is 9.31. The van der Waals surface area contributed by atoms with Crippen LogP contribution in [0.4, 0.5) is 0 Å². The molecule has 1 atom stereocenters. The Morgan fingerprint density at radius 1 is 0.913 bits per heavy atom. The largest absolute Gasteiger partial charge is 0.490 e. The molecule has 6 rings (SSSR count). The van der Waals surface area contributed by atoms with Crippen molar-refractivity contribution in [1.82, 2.24) is 4.57 Å². The molecule has 1 aliphatic rings. The first kappa shape index (κ1) is 31.6. The number of nitrogens with zero attached hydrogens (tertiary/aromatic N) is 2. The highest BCUT2D eigenvalue weighted by Crippen LogP contribution is 2.35. The van der Waals surface area contributed by atoms with Crippen molar-refractivity contribution < 1.29 is 23.7 Å². The highest BCUT2D eigenvalue weighted by atomic mass is 127. The summed E-state index contributed by atoms with van der Waals surface area (Å²) in [6.07, 6.45) is 3.31. The molecule has 0 radical (unpaired) electrons. The van der Waals surface area contributed by atoms with Gasteiger partial charge in [0.25, 0.3) is 5.56 Å². The average Bonchev–Trinajstić information content (AvgIpc) is 3.39. The van der Waals surface area contributed by atoms with Crippen LogP contribution in [-0.2, 0) is 16.1 Å². The van der Waals surface area contributed by atoms with Gasteiger partial charge >= 0.3 is 5.97 Å². The molecule has 5 aromatic rings. The number of carbonyl (C=O) groups is 1. The van der Waals surface area contributed by atoms with Crippen molar-refractivity contribution in [2.45, 2.75) is 26.5 Å². The van der Waals surface area contributed by atoms with Crippen LogP contribution in [0.1, 0.15) is 36.6 Å². The van der Waals surface area contributed by atoms with Crippen molar-refractivity contribution in [3.63, 3.8) is 0 Å². The maximum absolute atomic E-state index is 14.0. The number of benzene rings is 4. The van der Waals surface area contributed by atoms with E-state index in [2.05, 4.69) is 57.9 Å². The summed E-state index contributed by atoms with van der Waals surface area (Å²) in [5.41, 5.74) is 2.59. The standard InChI is InChI=1S/C36H31IN2O6S/c1-4-43-30-15-13-26(19-31(30)44-5-2)33-27(35(41)42-3)20-38-36-39(33)34(40)32(46-36)18-22-11-14-29(28(37)17-22)45-21-23-10-12-24-8-6-7-9-25(24)16-23/h6-20,33H,4-5,21H2,1-3H3/b32-18-/t33-/m1/s1. The van der Waals surface area contributed by atoms with Gasteiger partial charge in [0.1, 0.15) is 12.4 Å². The van der Waals surface area contributed by atoms with Crippen LogP contribution in [-0.4, -0.2) is 30.9 Å². The number of fused-ring (bicyclic) bond motifs is 2. The second-order valence-corrected chi connectivity index (χ2v) is 12.6. The van der Waals surface area contributed by atoms with Gasteiger partial charge in [0, 0.05) is 6.20 Å². The van der Waals surface area contributed by atoms with E-state index in [9.17, 15) is 9.59 Å². The Kier molecular flexibility index (Phi) is 9.55. The Balaban J connectivity index is 1.32. The molecule has 0 amide bonds. The minimum Gasteiger partial charge on any atom is -0.490 e. The summed E-state index contributed by atoms with van der Waals surface area (Å²) < 4.78 is 25.7. The molecule has 1 aliphatic heterocycles. The van der Waals surface area contributed by atoms with Crippen LogP contribution in [0.2, 0.25) is 0 Å². The van der Waals surface area contributed by atoms with Crippen LogP contribution in [0.25, 0.3) is 16.8 Å². The second kappa shape index (κ2) is 13.9. The zero-order chi connectivity index (χ0) is 32.2. The van der Waals surface area contributed by atoms with Crippen molar-refractivity contribution in [2.24, 2.45) is 4.99 Å². The molecule has 0 aliphatic carbocycles.